The highest BCUT2D eigenvalue weighted by Gasteiger charge is 2.20. The lowest BCUT2D eigenvalue weighted by atomic mass is 10.3. The molecule has 0 N–H and O–H groups in total. The van der Waals surface area contributed by atoms with Crippen LogP contribution in [0.4, 0.5) is 0 Å². The molecule has 1 aromatic heterocycles. The van der Waals surface area contributed by atoms with Crippen LogP contribution in [0.2, 0.25) is 0 Å². The summed E-state index contributed by atoms with van der Waals surface area (Å²) in [6.07, 6.45) is 2.16. The number of ether oxygens (including phenoxy) is 1. The van der Waals surface area contributed by atoms with E-state index in [1.54, 1.807) is 12.1 Å². The van der Waals surface area contributed by atoms with Gasteiger partial charge in [-0.15, -0.1) is 10.2 Å². The SMILES string of the molecule is CCOc1ccc(C(=O)N2CCCC2)nn1. The first-order valence-electron chi connectivity index (χ1n) is 5.57. The first kappa shape index (κ1) is 10.9. The Bertz CT molecular complexity index is 358. The molecule has 1 amide bonds. The molecule has 0 radical (unpaired) electrons. The molecule has 0 bridgehead atoms. The minimum absolute atomic E-state index is 0.0342. The zero-order valence-electron chi connectivity index (χ0n) is 9.35. The fraction of sp³-hybridized carbons (Fsp3) is 0.545. The third kappa shape index (κ3) is 2.29. The second-order valence-corrected chi connectivity index (χ2v) is 3.69. The molecule has 0 atom stereocenters. The largest absolute Gasteiger partial charge is 0.477 e. The van der Waals surface area contributed by atoms with Gasteiger partial charge in [-0.3, -0.25) is 4.79 Å². The van der Waals surface area contributed by atoms with Gasteiger partial charge >= 0.3 is 0 Å². The Hall–Kier alpha value is -1.65. The van der Waals surface area contributed by atoms with Gasteiger partial charge in [0.15, 0.2) is 5.69 Å². The summed E-state index contributed by atoms with van der Waals surface area (Å²) in [6, 6.07) is 3.35. The van der Waals surface area contributed by atoms with E-state index < -0.39 is 0 Å². The zero-order valence-corrected chi connectivity index (χ0v) is 9.35. The van der Waals surface area contributed by atoms with E-state index in [9.17, 15) is 4.79 Å². The van der Waals surface area contributed by atoms with Crippen molar-refractivity contribution in [3.63, 3.8) is 0 Å². The molecular formula is C11H15N3O2. The highest BCUT2D eigenvalue weighted by molar-refractivity contribution is 5.92. The van der Waals surface area contributed by atoms with Crippen molar-refractivity contribution < 1.29 is 9.53 Å². The molecule has 2 heterocycles. The summed E-state index contributed by atoms with van der Waals surface area (Å²) >= 11 is 0. The summed E-state index contributed by atoms with van der Waals surface area (Å²) < 4.78 is 5.17. The van der Waals surface area contributed by atoms with E-state index in [-0.39, 0.29) is 5.91 Å². The number of carbonyl (C=O) groups is 1. The number of hydrogen-bond donors (Lipinski definition) is 0. The Labute approximate surface area is 94.4 Å². The summed E-state index contributed by atoms with van der Waals surface area (Å²) in [4.78, 5) is 13.7. The summed E-state index contributed by atoms with van der Waals surface area (Å²) in [7, 11) is 0. The Morgan fingerprint density at radius 2 is 2.12 bits per heavy atom. The Kier molecular flexibility index (Phi) is 3.34. The van der Waals surface area contributed by atoms with Crippen molar-refractivity contribution in [2.45, 2.75) is 19.8 Å². The van der Waals surface area contributed by atoms with Crippen molar-refractivity contribution in [3.8, 4) is 5.88 Å². The molecule has 1 aliphatic rings. The van der Waals surface area contributed by atoms with Crippen LogP contribution in [-0.2, 0) is 0 Å². The lowest BCUT2D eigenvalue weighted by Gasteiger charge is -2.13. The van der Waals surface area contributed by atoms with Gasteiger partial charge in [-0.2, -0.15) is 0 Å². The van der Waals surface area contributed by atoms with Crippen LogP contribution in [0.25, 0.3) is 0 Å². The van der Waals surface area contributed by atoms with Crippen molar-refractivity contribution in [3.05, 3.63) is 17.8 Å². The number of nitrogens with zero attached hydrogens (tertiary/aromatic N) is 3. The molecule has 1 aromatic rings. The fourth-order valence-electron chi connectivity index (χ4n) is 1.74. The predicted molar refractivity (Wildman–Crippen MR) is 58.3 cm³/mol. The van der Waals surface area contributed by atoms with Crippen LogP contribution in [-0.4, -0.2) is 40.7 Å². The highest BCUT2D eigenvalue weighted by atomic mass is 16.5. The lowest BCUT2D eigenvalue weighted by molar-refractivity contribution is 0.0785. The third-order valence-corrected chi connectivity index (χ3v) is 2.54. The number of amides is 1. The van der Waals surface area contributed by atoms with Crippen LogP contribution in [0, 0.1) is 0 Å². The van der Waals surface area contributed by atoms with Gasteiger partial charge in [-0.1, -0.05) is 0 Å². The number of rotatable bonds is 3. The lowest BCUT2D eigenvalue weighted by Crippen LogP contribution is -2.28. The van der Waals surface area contributed by atoms with Crippen molar-refractivity contribution in [2.75, 3.05) is 19.7 Å². The second kappa shape index (κ2) is 4.92. The van der Waals surface area contributed by atoms with Crippen molar-refractivity contribution in [1.29, 1.82) is 0 Å². The zero-order chi connectivity index (χ0) is 11.4. The summed E-state index contributed by atoms with van der Waals surface area (Å²) in [5, 5.41) is 7.72. The van der Waals surface area contributed by atoms with E-state index in [1.165, 1.54) is 0 Å². The molecule has 0 saturated carbocycles. The van der Waals surface area contributed by atoms with Gasteiger partial charge in [0.2, 0.25) is 5.88 Å². The number of aromatic nitrogens is 2. The minimum atomic E-state index is -0.0342. The molecule has 1 saturated heterocycles. The molecule has 5 heteroatoms. The first-order valence-corrected chi connectivity index (χ1v) is 5.57. The molecular weight excluding hydrogens is 206 g/mol. The minimum Gasteiger partial charge on any atom is -0.477 e. The van der Waals surface area contributed by atoms with E-state index in [4.69, 9.17) is 4.74 Å². The molecule has 0 unspecified atom stereocenters. The molecule has 5 nitrogen and oxygen atoms in total. The van der Waals surface area contributed by atoms with Gasteiger partial charge in [-0.05, 0) is 25.8 Å². The molecule has 16 heavy (non-hydrogen) atoms. The van der Waals surface area contributed by atoms with Gasteiger partial charge in [0.25, 0.3) is 5.91 Å². The quantitative estimate of drug-likeness (QED) is 0.767. The van der Waals surface area contributed by atoms with Crippen LogP contribution in [0.15, 0.2) is 12.1 Å². The van der Waals surface area contributed by atoms with E-state index >= 15 is 0 Å². The van der Waals surface area contributed by atoms with Crippen molar-refractivity contribution in [2.24, 2.45) is 0 Å². The van der Waals surface area contributed by atoms with Crippen LogP contribution in [0.5, 0.6) is 5.88 Å². The Morgan fingerprint density at radius 1 is 1.38 bits per heavy atom. The highest BCUT2D eigenvalue weighted by Crippen LogP contribution is 2.12. The Balaban J connectivity index is 2.05. The van der Waals surface area contributed by atoms with Gasteiger partial charge in [0, 0.05) is 19.2 Å². The van der Waals surface area contributed by atoms with E-state index in [1.807, 2.05) is 11.8 Å². The maximum Gasteiger partial charge on any atom is 0.274 e. The molecule has 1 aliphatic heterocycles. The molecule has 86 valence electrons. The van der Waals surface area contributed by atoms with Gasteiger partial charge in [0.1, 0.15) is 0 Å². The number of carbonyl (C=O) groups excluding carboxylic acids is 1. The maximum atomic E-state index is 11.9. The van der Waals surface area contributed by atoms with Crippen molar-refractivity contribution in [1.82, 2.24) is 15.1 Å². The smallest absolute Gasteiger partial charge is 0.274 e. The molecule has 0 aromatic carbocycles. The van der Waals surface area contributed by atoms with Gasteiger partial charge in [0.05, 0.1) is 6.61 Å². The monoisotopic (exact) mass is 221 g/mol. The standard InChI is InChI=1S/C11H15N3O2/c1-2-16-10-6-5-9(12-13-10)11(15)14-7-3-4-8-14/h5-6H,2-4,7-8H2,1H3. The van der Waals surface area contributed by atoms with Crippen LogP contribution < -0.4 is 4.74 Å². The molecule has 1 fully saturated rings. The van der Waals surface area contributed by atoms with Crippen LogP contribution in [0.1, 0.15) is 30.3 Å². The predicted octanol–water partition coefficient (Wildman–Crippen LogP) is 1.11. The maximum absolute atomic E-state index is 11.9. The summed E-state index contributed by atoms with van der Waals surface area (Å²) in [5.74, 6) is 0.425. The third-order valence-electron chi connectivity index (χ3n) is 2.54. The average Bonchev–Trinajstić information content (AvgIpc) is 2.83. The van der Waals surface area contributed by atoms with Gasteiger partial charge in [-0.25, -0.2) is 0 Å². The molecule has 0 aliphatic carbocycles. The summed E-state index contributed by atoms with van der Waals surface area (Å²) in [6.45, 7) is 4.08. The van der Waals surface area contributed by atoms with Crippen LogP contribution >= 0.6 is 0 Å². The second-order valence-electron chi connectivity index (χ2n) is 3.69. The number of hydrogen-bond acceptors (Lipinski definition) is 4. The Morgan fingerprint density at radius 3 is 2.69 bits per heavy atom. The fourth-order valence-corrected chi connectivity index (χ4v) is 1.74. The average molecular weight is 221 g/mol. The topological polar surface area (TPSA) is 55.3 Å². The normalized spacial score (nSPS) is 15.2. The summed E-state index contributed by atoms with van der Waals surface area (Å²) in [5.41, 5.74) is 0.394. The number of likely N-dealkylation sites (tertiary alicyclic amines) is 1. The molecule has 0 spiro atoms. The van der Waals surface area contributed by atoms with Crippen molar-refractivity contribution >= 4 is 5.91 Å². The van der Waals surface area contributed by atoms with E-state index in [2.05, 4.69) is 10.2 Å². The molecule has 2 rings (SSSR count). The first-order chi connectivity index (χ1) is 7.81. The van der Waals surface area contributed by atoms with Crippen LogP contribution in [0.3, 0.4) is 0 Å². The van der Waals surface area contributed by atoms with E-state index in [0.29, 0.717) is 18.2 Å². The van der Waals surface area contributed by atoms with Gasteiger partial charge < -0.3 is 9.64 Å². The van der Waals surface area contributed by atoms with E-state index in [0.717, 1.165) is 25.9 Å².